The molecule has 4 saturated heterocycles. The van der Waals surface area contributed by atoms with E-state index in [1.807, 2.05) is 0 Å². The number of ether oxygens (including phenoxy) is 3. The second-order valence-electron chi connectivity index (χ2n) is 31.1. The number of pyridine rings is 2. The number of nitrogens with zero attached hydrogens (tertiary/aromatic N) is 9. The summed E-state index contributed by atoms with van der Waals surface area (Å²) >= 11 is 0. The SMILES string of the molecule is C=C/C=C(/C(=O)NCC(=O)N1CC(F)(F)CC1C#N)c1cc(OCCCCNC(=O)CCP(=O)(O)CN2CCN(CP(=O)(O)CCCCCCOc3ccc4nccc(C(=O)NCC(=O)N5CCC(F)(F)C5)c4c3)CCN(CP(=O)(O)CCC(=O)NCCCCOc3ccc4nccc(C(=O)NCC(=O)N5CC(F)(F)CC5C)c4c3)CC2)ccc1C. The van der Waals surface area contributed by atoms with E-state index in [4.69, 9.17) is 14.2 Å². The van der Waals surface area contributed by atoms with Crippen LogP contribution in [0.3, 0.4) is 0 Å². The molecule has 660 valence electrons. The molecule has 5 unspecified atom stereocenters. The van der Waals surface area contributed by atoms with Crippen molar-refractivity contribution in [1.82, 2.24) is 66.0 Å². The number of allylic oxidation sites excluding steroid dienone is 2. The molecular weight excluding hydrogens is 1650 g/mol. The third-order valence-electron chi connectivity index (χ3n) is 21.1. The van der Waals surface area contributed by atoms with Gasteiger partial charge in [-0.05, 0) is 130 Å². The van der Waals surface area contributed by atoms with Gasteiger partial charge < -0.3 is 70.2 Å². The Kier molecular flexibility index (Phi) is 34.8. The van der Waals surface area contributed by atoms with Crippen LogP contribution in [0.15, 0.2) is 97.9 Å². The molecule has 121 heavy (non-hydrogen) atoms. The number of fused-ring (bicyclic) bond motifs is 2. The summed E-state index contributed by atoms with van der Waals surface area (Å²) in [6.07, 6.45) is 5.48. The second-order valence-corrected chi connectivity index (χ2v) is 38.3. The Morgan fingerprint density at radius 2 is 0.983 bits per heavy atom. The van der Waals surface area contributed by atoms with E-state index in [0.717, 1.165) is 14.7 Å². The summed E-state index contributed by atoms with van der Waals surface area (Å²) in [6.45, 7) is 4.85. The van der Waals surface area contributed by atoms with E-state index in [1.165, 1.54) is 43.6 Å². The molecule has 5 aromatic rings. The molecule has 0 saturated carbocycles. The zero-order valence-corrected chi connectivity index (χ0v) is 70.6. The highest BCUT2D eigenvalue weighted by atomic mass is 31.2. The van der Waals surface area contributed by atoms with Crippen LogP contribution >= 0.6 is 22.1 Å². The van der Waals surface area contributed by atoms with Crippen molar-refractivity contribution >= 4 is 96.7 Å². The number of nitriles is 1. The molecule has 4 fully saturated rings. The summed E-state index contributed by atoms with van der Waals surface area (Å²) in [5.41, 5.74) is 2.54. The van der Waals surface area contributed by atoms with Crippen LogP contribution in [-0.2, 0) is 42.5 Å². The van der Waals surface area contributed by atoms with E-state index in [1.54, 1.807) is 82.3 Å². The molecule has 2 aromatic heterocycles. The van der Waals surface area contributed by atoms with Crippen LogP contribution in [0.1, 0.15) is 122 Å². The highest BCUT2D eigenvalue weighted by Crippen LogP contribution is 2.46. The Morgan fingerprint density at radius 3 is 1.46 bits per heavy atom. The maximum absolute atomic E-state index is 14.0. The molecular formula is C81H107F6N14O17P3. The second kappa shape index (κ2) is 44.1. The molecule has 9 rings (SSSR count). The van der Waals surface area contributed by atoms with E-state index in [-0.39, 0.29) is 139 Å². The van der Waals surface area contributed by atoms with Gasteiger partial charge in [-0.3, -0.25) is 76.7 Å². The number of aryl methyl sites for hydroxylation is 1. The summed E-state index contributed by atoms with van der Waals surface area (Å²) < 4.78 is 143. The van der Waals surface area contributed by atoms with E-state index in [2.05, 4.69) is 43.1 Å². The quantitative estimate of drug-likeness (QED) is 0.00596. The third-order valence-corrected chi connectivity index (χ3v) is 26.5. The normalized spacial score (nSPS) is 19.1. The number of benzene rings is 3. The minimum Gasteiger partial charge on any atom is -0.494 e. The average Bonchev–Trinajstić information content (AvgIpc) is 1.79. The highest BCUT2D eigenvalue weighted by molar-refractivity contribution is 7.58. The van der Waals surface area contributed by atoms with Gasteiger partial charge in [0.1, 0.15) is 23.3 Å². The zero-order chi connectivity index (χ0) is 87.7. The van der Waals surface area contributed by atoms with Crippen molar-refractivity contribution in [3.63, 3.8) is 0 Å². The number of rotatable bonds is 43. The Hall–Kier alpha value is -9.36. The lowest BCUT2D eigenvalue weighted by atomic mass is 9.99. The number of carbonyl (C=O) groups is 8. The molecule has 6 heterocycles. The molecule has 4 aliphatic heterocycles. The molecule has 40 heteroatoms. The molecule has 0 aliphatic carbocycles. The van der Waals surface area contributed by atoms with E-state index in [9.17, 15) is 98.3 Å². The number of hydrogen-bond donors (Lipinski definition) is 8. The summed E-state index contributed by atoms with van der Waals surface area (Å²) in [5, 5.41) is 23.2. The smallest absolute Gasteiger partial charge is 0.268 e. The Balaban J connectivity index is 0.724. The lowest BCUT2D eigenvalue weighted by Gasteiger charge is -2.28. The first-order valence-corrected chi connectivity index (χ1v) is 46.4. The van der Waals surface area contributed by atoms with Crippen LogP contribution in [-0.4, -0.2) is 286 Å². The fourth-order valence-corrected chi connectivity index (χ4v) is 19.5. The number of hydrogen-bond acceptors (Lipinski definition) is 20. The summed E-state index contributed by atoms with van der Waals surface area (Å²) in [4.78, 5) is 155. The first kappa shape index (κ1) is 95.5. The number of carbonyl (C=O) groups excluding carboxylic acids is 8. The molecule has 0 radical (unpaired) electrons. The van der Waals surface area contributed by atoms with Gasteiger partial charge >= 0.3 is 0 Å². The summed E-state index contributed by atoms with van der Waals surface area (Å²) in [6, 6.07) is 17.6. The van der Waals surface area contributed by atoms with Crippen LogP contribution in [0, 0.1) is 18.3 Å². The first-order chi connectivity index (χ1) is 57.4. The van der Waals surface area contributed by atoms with Crippen LogP contribution in [0.4, 0.5) is 26.3 Å². The van der Waals surface area contributed by atoms with Crippen molar-refractivity contribution in [2.75, 3.05) is 155 Å². The van der Waals surface area contributed by atoms with Crippen molar-refractivity contribution in [2.24, 2.45) is 0 Å². The number of aromatic nitrogens is 2. The van der Waals surface area contributed by atoms with E-state index < -0.39 is 164 Å². The lowest BCUT2D eigenvalue weighted by Crippen LogP contribution is -2.43. The summed E-state index contributed by atoms with van der Waals surface area (Å²) in [5.74, 6) is -13.0. The topological polar surface area (TPSA) is 405 Å². The van der Waals surface area contributed by atoms with Crippen LogP contribution in [0.2, 0.25) is 0 Å². The van der Waals surface area contributed by atoms with Gasteiger partial charge in [0, 0.05) is 144 Å². The Bertz CT molecular complexity index is 4760. The summed E-state index contributed by atoms with van der Waals surface area (Å²) in [7, 11) is -12.0. The molecule has 0 bridgehead atoms. The average molecular weight is 1760 g/mol. The van der Waals surface area contributed by atoms with Gasteiger partial charge in [0.05, 0.1) is 106 Å². The van der Waals surface area contributed by atoms with E-state index in [0.29, 0.717) is 102 Å². The van der Waals surface area contributed by atoms with Gasteiger partial charge in [-0.1, -0.05) is 31.6 Å². The van der Waals surface area contributed by atoms with Crippen LogP contribution < -0.4 is 40.8 Å². The number of unbranched alkanes of at least 4 members (excludes halogenated alkanes) is 5. The Morgan fingerprint density at radius 1 is 0.537 bits per heavy atom. The lowest BCUT2D eigenvalue weighted by molar-refractivity contribution is -0.133. The third kappa shape index (κ3) is 30.3. The van der Waals surface area contributed by atoms with Gasteiger partial charge in [-0.15, -0.1) is 0 Å². The maximum atomic E-state index is 14.0. The van der Waals surface area contributed by atoms with Crippen molar-refractivity contribution in [3.05, 3.63) is 120 Å². The molecule has 5 atom stereocenters. The molecule has 8 amide bonds. The van der Waals surface area contributed by atoms with E-state index >= 15 is 0 Å². The van der Waals surface area contributed by atoms with Gasteiger partial charge in [0.15, 0.2) is 0 Å². The largest absolute Gasteiger partial charge is 0.494 e. The minimum absolute atomic E-state index is 0.0396. The number of likely N-dealkylation sites (tertiary alicyclic amines) is 3. The van der Waals surface area contributed by atoms with Gasteiger partial charge in [-0.25, -0.2) is 26.3 Å². The van der Waals surface area contributed by atoms with Crippen molar-refractivity contribution < 1.29 is 107 Å². The minimum atomic E-state index is -4.09. The van der Waals surface area contributed by atoms with Crippen LogP contribution in [0.5, 0.6) is 17.2 Å². The predicted octanol–water partition coefficient (Wildman–Crippen LogP) is 8.39. The number of amides is 8. The Labute approximate surface area is 698 Å². The van der Waals surface area contributed by atoms with Gasteiger partial charge in [0.25, 0.3) is 35.5 Å². The maximum Gasteiger partial charge on any atom is 0.268 e. The fourth-order valence-electron chi connectivity index (χ4n) is 14.6. The molecule has 8 N–H and O–H groups in total. The monoisotopic (exact) mass is 1750 g/mol. The zero-order valence-electron chi connectivity index (χ0n) is 67.9. The fraction of sp³-hybridized carbons (Fsp3) is 0.543. The molecule has 4 aliphatic rings. The highest BCUT2D eigenvalue weighted by Gasteiger charge is 2.48. The van der Waals surface area contributed by atoms with Crippen molar-refractivity contribution in [2.45, 2.75) is 127 Å². The first-order valence-electron chi connectivity index (χ1n) is 40.4. The van der Waals surface area contributed by atoms with Gasteiger partial charge in [0.2, 0.25) is 51.6 Å². The molecule has 3 aromatic carbocycles. The van der Waals surface area contributed by atoms with Crippen molar-refractivity contribution in [1.29, 1.82) is 5.26 Å². The molecule has 31 nitrogen and oxygen atoms in total. The van der Waals surface area contributed by atoms with Crippen molar-refractivity contribution in [3.8, 4) is 23.3 Å². The standard InChI is InChI=1S/C81H107F6N14O17P3/c1-4-13-63(76(107)95-50-75(106)101-53-81(86,87)46-59(101)47-88)66-42-60(15-14-57(66)2)117-37-10-7-25-91-71(102)22-40-120(112,113)55-97-32-30-96(54-119(110,111)39-12-6-5-9-36-116-61-16-18-69-67(43-61)64(20-27-89-69)77(108)93-48-73(104)99-29-24-79(82,83)51-99)31-33-98(35-34-97)56-121(114,115)41-23-72(103)92-26-8-11-38-118-62-17-19-70-68(44-62)65(21-28-90-70)78(109)94-49-74(105)100-52-80(84,85)45-58(100)3/h4,13-21,27-28,42-44,58-59H,1,5-12,22-26,29-41,45-46,48-56H2,2-3H3,(H,91,102)(H,92,103)(H,93,108)(H,94,109)(H,95,107)(H,110,111)(H,112,113)(H,114,115)/b63-13+. The number of halogens is 6. The predicted molar refractivity (Wildman–Crippen MR) is 440 cm³/mol. The molecule has 0 spiro atoms. The van der Waals surface area contributed by atoms with Gasteiger partial charge in [-0.2, -0.15) is 5.26 Å². The van der Waals surface area contributed by atoms with Crippen LogP contribution in [0.25, 0.3) is 27.4 Å². The number of alkyl halides is 6. The number of nitrogens with one attached hydrogen (secondary N) is 5.